The maximum Gasteiger partial charge on any atom is 0.179 e. The number of nitrogens with two attached hydrogens (primary N) is 1. The van der Waals surface area contributed by atoms with Gasteiger partial charge in [0.15, 0.2) is 11.6 Å². The maximum absolute atomic E-state index is 13.7. The fraction of sp³-hybridized carbons (Fsp3) is 0.455. The Morgan fingerprint density at radius 2 is 2.13 bits per heavy atom. The Kier molecular flexibility index (Phi) is 2.73. The van der Waals surface area contributed by atoms with Crippen LogP contribution in [-0.2, 0) is 5.54 Å². The van der Waals surface area contributed by atoms with E-state index in [1.54, 1.807) is 6.07 Å². The second-order valence-electron chi connectivity index (χ2n) is 3.95. The lowest BCUT2D eigenvalue weighted by molar-refractivity contribution is 0.240. The smallest absolute Gasteiger partial charge is 0.179 e. The Bertz CT molecular complexity index is 390. The molecule has 1 aromatic rings. The molecular weight excluding hydrogens is 261 g/mol. The van der Waals surface area contributed by atoms with Crippen LogP contribution in [0.3, 0.4) is 0 Å². The van der Waals surface area contributed by atoms with E-state index in [2.05, 4.69) is 15.9 Å². The molecule has 2 N–H and O–H groups in total. The van der Waals surface area contributed by atoms with Gasteiger partial charge in [-0.15, -0.1) is 0 Å². The molecule has 1 fully saturated rings. The summed E-state index contributed by atoms with van der Waals surface area (Å²) in [5.74, 6) is -0.0988. The highest BCUT2D eigenvalue weighted by Crippen LogP contribution is 2.44. The van der Waals surface area contributed by atoms with Crippen molar-refractivity contribution in [2.24, 2.45) is 5.73 Å². The molecule has 1 aliphatic carbocycles. The number of benzene rings is 1. The van der Waals surface area contributed by atoms with Crippen molar-refractivity contribution in [1.29, 1.82) is 0 Å². The van der Waals surface area contributed by atoms with Gasteiger partial charge in [0.2, 0.25) is 0 Å². The van der Waals surface area contributed by atoms with Crippen LogP contribution in [0.15, 0.2) is 16.6 Å². The quantitative estimate of drug-likeness (QED) is 0.899. The second-order valence-corrected chi connectivity index (χ2v) is 4.81. The summed E-state index contributed by atoms with van der Waals surface area (Å²) in [6.45, 7) is 0. The lowest BCUT2D eigenvalue weighted by atomic mass is 9.72. The highest BCUT2D eigenvalue weighted by Gasteiger charge is 2.37. The number of methoxy groups -OCH3 is 1. The molecule has 82 valence electrons. The highest BCUT2D eigenvalue weighted by atomic mass is 79.9. The third-order valence-corrected chi connectivity index (χ3v) is 3.65. The van der Waals surface area contributed by atoms with Crippen LogP contribution in [0.5, 0.6) is 5.75 Å². The van der Waals surface area contributed by atoms with E-state index in [9.17, 15) is 4.39 Å². The summed E-state index contributed by atoms with van der Waals surface area (Å²) in [5.41, 5.74) is 6.54. The van der Waals surface area contributed by atoms with Crippen LogP contribution in [0.2, 0.25) is 0 Å². The molecule has 0 heterocycles. The molecule has 0 saturated heterocycles. The predicted octanol–water partition coefficient (Wildman–Crippen LogP) is 2.93. The molecule has 2 nitrogen and oxygen atoms in total. The Labute approximate surface area is 96.7 Å². The topological polar surface area (TPSA) is 35.2 Å². The van der Waals surface area contributed by atoms with E-state index in [0.29, 0.717) is 4.47 Å². The zero-order valence-corrected chi connectivity index (χ0v) is 10.1. The molecule has 2 rings (SSSR count). The van der Waals surface area contributed by atoms with Gasteiger partial charge in [-0.05, 0) is 41.3 Å². The molecule has 0 spiro atoms. The van der Waals surface area contributed by atoms with Gasteiger partial charge in [0.1, 0.15) is 0 Å². The number of hydrogen-bond donors (Lipinski definition) is 1. The molecule has 1 aromatic carbocycles. The first-order chi connectivity index (χ1) is 7.08. The zero-order chi connectivity index (χ0) is 11.1. The minimum absolute atomic E-state index is 0.270. The summed E-state index contributed by atoms with van der Waals surface area (Å²) in [5, 5.41) is 0. The van der Waals surface area contributed by atoms with E-state index in [-0.39, 0.29) is 11.6 Å². The zero-order valence-electron chi connectivity index (χ0n) is 8.52. The Morgan fingerprint density at radius 3 is 2.60 bits per heavy atom. The normalized spacial score (nSPS) is 18.4. The molecule has 0 radical (unpaired) electrons. The van der Waals surface area contributed by atoms with E-state index < -0.39 is 5.54 Å². The van der Waals surface area contributed by atoms with Gasteiger partial charge in [-0.2, -0.15) is 0 Å². The van der Waals surface area contributed by atoms with Crippen molar-refractivity contribution in [2.75, 3.05) is 7.11 Å². The summed E-state index contributed by atoms with van der Waals surface area (Å²) in [7, 11) is 1.47. The summed E-state index contributed by atoms with van der Waals surface area (Å²) >= 11 is 3.13. The molecule has 0 bridgehead atoms. The monoisotopic (exact) mass is 273 g/mol. The molecule has 0 aliphatic heterocycles. The summed E-state index contributed by atoms with van der Waals surface area (Å²) in [6.07, 6.45) is 2.88. The summed E-state index contributed by atoms with van der Waals surface area (Å²) in [4.78, 5) is 0. The van der Waals surface area contributed by atoms with Gasteiger partial charge in [-0.1, -0.05) is 6.07 Å². The highest BCUT2D eigenvalue weighted by molar-refractivity contribution is 9.10. The molecule has 0 atom stereocenters. The fourth-order valence-corrected chi connectivity index (χ4v) is 2.26. The van der Waals surface area contributed by atoms with E-state index in [0.717, 1.165) is 24.8 Å². The van der Waals surface area contributed by atoms with E-state index >= 15 is 0 Å². The SMILES string of the molecule is COc1c(C2(N)CCC2)ccc(Br)c1F. The molecule has 0 unspecified atom stereocenters. The first-order valence-corrected chi connectivity index (χ1v) is 5.69. The molecule has 4 heteroatoms. The molecular formula is C11H13BrFNO. The minimum Gasteiger partial charge on any atom is -0.493 e. The Balaban J connectivity index is 2.52. The number of hydrogen-bond acceptors (Lipinski definition) is 2. The lowest BCUT2D eigenvalue weighted by Crippen LogP contribution is -2.43. The number of ether oxygens (including phenoxy) is 1. The van der Waals surface area contributed by atoms with Crippen molar-refractivity contribution in [3.05, 3.63) is 28.0 Å². The Morgan fingerprint density at radius 1 is 1.47 bits per heavy atom. The molecule has 0 aromatic heterocycles. The molecule has 1 aliphatic rings. The van der Waals surface area contributed by atoms with Crippen molar-refractivity contribution < 1.29 is 9.13 Å². The first-order valence-electron chi connectivity index (χ1n) is 4.90. The minimum atomic E-state index is -0.396. The molecule has 15 heavy (non-hydrogen) atoms. The van der Waals surface area contributed by atoms with Crippen LogP contribution in [0.4, 0.5) is 4.39 Å². The van der Waals surface area contributed by atoms with Crippen molar-refractivity contribution >= 4 is 15.9 Å². The number of halogens is 2. The van der Waals surface area contributed by atoms with Crippen LogP contribution in [0, 0.1) is 5.82 Å². The van der Waals surface area contributed by atoms with Gasteiger partial charge >= 0.3 is 0 Å². The Hall–Kier alpha value is -0.610. The van der Waals surface area contributed by atoms with Crippen molar-refractivity contribution in [3.63, 3.8) is 0 Å². The first kappa shape index (κ1) is 10.9. The van der Waals surface area contributed by atoms with Gasteiger partial charge in [0, 0.05) is 11.1 Å². The van der Waals surface area contributed by atoms with Gasteiger partial charge in [0.25, 0.3) is 0 Å². The van der Waals surface area contributed by atoms with Gasteiger partial charge in [0.05, 0.1) is 11.6 Å². The van der Waals surface area contributed by atoms with Crippen LogP contribution >= 0.6 is 15.9 Å². The van der Waals surface area contributed by atoms with Gasteiger partial charge in [-0.25, -0.2) is 4.39 Å². The third-order valence-electron chi connectivity index (χ3n) is 3.04. The van der Waals surface area contributed by atoms with Crippen LogP contribution in [-0.4, -0.2) is 7.11 Å². The van der Waals surface area contributed by atoms with Crippen LogP contribution in [0.1, 0.15) is 24.8 Å². The van der Waals surface area contributed by atoms with Crippen molar-refractivity contribution in [3.8, 4) is 5.75 Å². The van der Waals surface area contributed by atoms with E-state index in [1.807, 2.05) is 6.07 Å². The predicted molar refractivity (Wildman–Crippen MR) is 60.4 cm³/mol. The second kappa shape index (κ2) is 3.76. The van der Waals surface area contributed by atoms with Gasteiger partial charge in [-0.3, -0.25) is 0 Å². The fourth-order valence-electron chi connectivity index (χ4n) is 1.95. The average molecular weight is 274 g/mol. The lowest BCUT2D eigenvalue weighted by Gasteiger charge is -2.39. The summed E-state index contributed by atoms with van der Waals surface area (Å²) < 4.78 is 19.2. The van der Waals surface area contributed by atoms with Crippen LogP contribution < -0.4 is 10.5 Å². The van der Waals surface area contributed by atoms with Crippen LogP contribution in [0.25, 0.3) is 0 Å². The molecule has 0 amide bonds. The summed E-state index contributed by atoms with van der Waals surface area (Å²) in [6, 6.07) is 3.52. The largest absolute Gasteiger partial charge is 0.493 e. The average Bonchev–Trinajstić information content (AvgIpc) is 2.18. The third kappa shape index (κ3) is 1.66. The van der Waals surface area contributed by atoms with Crippen molar-refractivity contribution in [2.45, 2.75) is 24.8 Å². The van der Waals surface area contributed by atoms with Gasteiger partial charge < -0.3 is 10.5 Å². The van der Waals surface area contributed by atoms with Crippen molar-refractivity contribution in [1.82, 2.24) is 0 Å². The standard InChI is InChI=1S/C11H13BrFNO/c1-15-10-7(11(14)5-2-6-11)3-4-8(12)9(10)13/h3-4H,2,5-6,14H2,1H3. The maximum atomic E-state index is 13.7. The van der Waals surface area contributed by atoms with E-state index in [4.69, 9.17) is 10.5 Å². The van der Waals surface area contributed by atoms with E-state index in [1.165, 1.54) is 7.11 Å². The molecule has 1 saturated carbocycles. The number of rotatable bonds is 2.